The van der Waals surface area contributed by atoms with Gasteiger partial charge < -0.3 is 9.84 Å². The Morgan fingerprint density at radius 3 is 2.33 bits per heavy atom. The Balaban J connectivity index is 2.08. The quantitative estimate of drug-likeness (QED) is 0.726. The molecule has 1 aliphatic rings. The highest BCUT2D eigenvalue weighted by atomic mass is 19.1. The third-order valence-electron chi connectivity index (χ3n) is 4.28. The van der Waals surface area contributed by atoms with Crippen molar-refractivity contribution >= 4 is 5.97 Å². The maximum absolute atomic E-state index is 14.7. The van der Waals surface area contributed by atoms with Crippen LogP contribution in [-0.2, 0) is 10.3 Å². The third kappa shape index (κ3) is 1.93. The molecule has 1 N–H and O–H groups in total. The molecular formula is C20H13FO3. The van der Waals surface area contributed by atoms with E-state index in [1.807, 2.05) is 18.2 Å². The molecule has 24 heavy (non-hydrogen) atoms. The molecule has 0 fully saturated rings. The molecular weight excluding hydrogens is 307 g/mol. The van der Waals surface area contributed by atoms with Crippen LogP contribution < -0.4 is 0 Å². The molecule has 3 aromatic carbocycles. The Hall–Kier alpha value is -3.14. The summed E-state index contributed by atoms with van der Waals surface area (Å²) in [6, 6.07) is 19.9. The van der Waals surface area contributed by atoms with Gasteiger partial charge in [0.2, 0.25) is 0 Å². The molecule has 118 valence electrons. The number of benzene rings is 3. The number of phenols is 1. The standard InChI is InChI=1S/C20H13FO3/c21-18-12-14(22)10-11-17(18)20(13-6-2-1-3-7-13)16-9-5-4-8-15(16)19(23)24-20/h1-12,22H. The van der Waals surface area contributed by atoms with Crippen molar-refractivity contribution in [2.45, 2.75) is 5.60 Å². The van der Waals surface area contributed by atoms with Gasteiger partial charge in [-0.25, -0.2) is 9.18 Å². The number of esters is 1. The normalized spacial score (nSPS) is 19.0. The highest BCUT2D eigenvalue weighted by Crippen LogP contribution is 2.47. The van der Waals surface area contributed by atoms with E-state index < -0.39 is 17.4 Å². The number of phenolic OH excluding ortho intramolecular Hbond substituents is 1. The summed E-state index contributed by atoms with van der Waals surface area (Å²) in [4.78, 5) is 12.4. The average Bonchev–Trinajstić information content (AvgIpc) is 2.90. The van der Waals surface area contributed by atoms with Crippen LogP contribution in [0.1, 0.15) is 27.0 Å². The smallest absolute Gasteiger partial charge is 0.340 e. The molecule has 4 heteroatoms. The van der Waals surface area contributed by atoms with E-state index >= 15 is 0 Å². The van der Waals surface area contributed by atoms with Gasteiger partial charge in [-0.1, -0.05) is 48.5 Å². The number of rotatable bonds is 2. The van der Waals surface area contributed by atoms with Gasteiger partial charge in [0, 0.05) is 22.8 Å². The molecule has 0 saturated carbocycles. The number of ether oxygens (including phenoxy) is 1. The van der Waals surface area contributed by atoms with Gasteiger partial charge >= 0.3 is 5.97 Å². The fourth-order valence-corrected chi connectivity index (χ4v) is 3.25. The second-order valence-electron chi connectivity index (χ2n) is 5.65. The topological polar surface area (TPSA) is 46.5 Å². The maximum Gasteiger partial charge on any atom is 0.340 e. The van der Waals surface area contributed by atoms with E-state index in [1.54, 1.807) is 36.4 Å². The number of carbonyl (C=O) groups excluding carboxylic acids is 1. The van der Waals surface area contributed by atoms with Crippen molar-refractivity contribution in [3.63, 3.8) is 0 Å². The minimum Gasteiger partial charge on any atom is -0.508 e. The number of hydrogen-bond acceptors (Lipinski definition) is 3. The van der Waals surface area contributed by atoms with Crippen LogP contribution in [0.3, 0.4) is 0 Å². The lowest BCUT2D eigenvalue weighted by Crippen LogP contribution is -2.30. The van der Waals surface area contributed by atoms with Crippen LogP contribution >= 0.6 is 0 Å². The SMILES string of the molecule is O=C1OC(c2ccccc2)(c2ccc(O)cc2F)c2ccccc21. The number of carbonyl (C=O) groups is 1. The summed E-state index contributed by atoms with van der Waals surface area (Å²) in [6.07, 6.45) is 0. The Morgan fingerprint density at radius 1 is 0.875 bits per heavy atom. The molecule has 3 aromatic rings. The fourth-order valence-electron chi connectivity index (χ4n) is 3.25. The first-order valence-corrected chi connectivity index (χ1v) is 7.50. The molecule has 4 rings (SSSR count). The first kappa shape index (κ1) is 14.5. The first-order valence-electron chi connectivity index (χ1n) is 7.50. The van der Waals surface area contributed by atoms with E-state index in [0.717, 1.165) is 6.07 Å². The zero-order valence-electron chi connectivity index (χ0n) is 12.6. The summed E-state index contributed by atoms with van der Waals surface area (Å²) in [6.45, 7) is 0. The lowest BCUT2D eigenvalue weighted by atomic mass is 9.79. The van der Waals surface area contributed by atoms with Crippen molar-refractivity contribution in [2.75, 3.05) is 0 Å². The van der Waals surface area contributed by atoms with Crippen LogP contribution in [0.25, 0.3) is 0 Å². The molecule has 0 radical (unpaired) electrons. The summed E-state index contributed by atoms with van der Waals surface area (Å²) in [7, 11) is 0. The number of fused-ring (bicyclic) bond motifs is 1. The molecule has 1 aliphatic heterocycles. The molecule has 0 bridgehead atoms. The summed E-state index contributed by atoms with van der Waals surface area (Å²) in [5.74, 6) is -1.32. The second-order valence-corrected chi connectivity index (χ2v) is 5.65. The molecule has 0 spiro atoms. The van der Waals surface area contributed by atoms with Gasteiger partial charge in [-0.05, 0) is 18.2 Å². The van der Waals surface area contributed by atoms with Gasteiger partial charge in [0.1, 0.15) is 11.6 Å². The van der Waals surface area contributed by atoms with Crippen molar-refractivity contribution < 1.29 is 19.0 Å². The number of cyclic esters (lactones) is 1. The zero-order chi connectivity index (χ0) is 16.7. The van der Waals surface area contributed by atoms with Crippen LogP contribution in [0, 0.1) is 5.82 Å². The summed E-state index contributed by atoms with van der Waals surface area (Å²) in [5.41, 5.74) is 0.463. The predicted molar refractivity (Wildman–Crippen MR) is 86.2 cm³/mol. The number of aromatic hydroxyl groups is 1. The first-order chi connectivity index (χ1) is 11.6. The molecule has 3 nitrogen and oxygen atoms in total. The van der Waals surface area contributed by atoms with E-state index in [-0.39, 0.29) is 11.3 Å². The van der Waals surface area contributed by atoms with E-state index in [4.69, 9.17) is 4.74 Å². The third-order valence-corrected chi connectivity index (χ3v) is 4.28. The lowest BCUT2D eigenvalue weighted by Gasteiger charge is -2.30. The summed E-state index contributed by atoms with van der Waals surface area (Å²) < 4.78 is 20.5. The molecule has 0 aromatic heterocycles. The highest BCUT2D eigenvalue weighted by molar-refractivity contribution is 5.96. The molecule has 1 unspecified atom stereocenters. The van der Waals surface area contributed by atoms with Crippen molar-refractivity contribution in [3.05, 3.63) is 101 Å². The van der Waals surface area contributed by atoms with Gasteiger partial charge in [0.15, 0.2) is 5.60 Å². The van der Waals surface area contributed by atoms with E-state index in [9.17, 15) is 14.3 Å². The summed E-state index contributed by atoms with van der Waals surface area (Å²) >= 11 is 0. The predicted octanol–water partition coefficient (Wildman–Crippen LogP) is 3.99. The average molecular weight is 320 g/mol. The van der Waals surface area contributed by atoms with Gasteiger partial charge in [0.25, 0.3) is 0 Å². The van der Waals surface area contributed by atoms with Crippen LogP contribution in [0.5, 0.6) is 5.75 Å². The molecule has 0 saturated heterocycles. The van der Waals surface area contributed by atoms with Gasteiger partial charge in [0.05, 0.1) is 5.56 Å². The molecule has 1 atom stereocenters. The van der Waals surface area contributed by atoms with E-state index in [0.29, 0.717) is 16.7 Å². The molecule has 0 aliphatic carbocycles. The molecule has 1 heterocycles. The highest BCUT2D eigenvalue weighted by Gasteiger charge is 2.49. The minimum absolute atomic E-state index is 0.183. The zero-order valence-corrected chi connectivity index (χ0v) is 12.6. The van der Waals surface area contributed by atoms with Crippen LogP contribution in [0.15, 0.2) is 72.8 Å². The molecule has 0 amide bonds. The van der Waals surface area contributed by atoms with Crippen LogP contribution in [0.2, 0.25) is 0 Å². The Kier molecular flexibility index (Phi) is 3.13. The van der Waals surface area contributed by atoms with Crippen LogP contribution in [0.4, 0.5) is 4.39 Å². The fraction of sp³-hybridized carbons (Fsp3) is 0.0500. The van der Waals surface area contributed by atoms with E-state index in [2.05, 4.69) is 0 Å². The van der Waals surface area contributed by atoms with Crippen molar-refractivity contribution in [1.82, 2.24) is 0 Å². The number of halogens is 1. The van der Waals surface area contributed by atoms with Crippen molar-refractivity contribution in [3.8, 4) is 5.75 Å². The monoisotopic (exact) mass is 320 g/mol. The Labute approximate surface area is 138 Å². The van der Waals surface area contributed by atoms with E-state index in [1.165, 1.54) is 12.1 Å². The minimum atomic E-state index is -1.37. The lowest BCUT2D eigenvalue weighted by molar-refractivity contribution is 0.0241. The largest absolute Gasteiger partial charge is 0.508 e. The van der Waals surface area contributed by atoms with Crippen molar-refractivity contribution in [1.29, 1.82) is 0 Å². The van der Waals surface area contributed by atoms with Crippen molar-refractivity contribution in [2.24, 2.45) is 0 Å². The van der Waals surface area contributed by atoms with Gasteiger partial charge in [-0.3, -0.25) is 0 Å². The Morgan fingerprint density at radius 2 is 1.58 bits per heavy atom. The van der Waals surface area contributed by atoms with Gasteiger partial charge in [-0.2, -0.15) is 0 Å². The summed E-state index contributed by atoms with van der Waals surface area (Å²) in [5, 5.41) is 9.53. The van der Waals surface area contributed by atoms with Crippen LogP contribution in [-0.4, -0.2) is 11.1 Å². The maximum atomic E-state index is 14.7. The van der Waals surface area contributed by atoms with Gasteiger partial charge in [-0.15, -0.1) is 0 Å². The Bertz CT molecular complexity index is 937. The second kappa shape index (κ2) is 5.20. The number of hydrogen-bond donors (Lipinski definition) is 1.